The van der Waals surface area contributed by atoms with Gasteiger partial charge in [0.2, 0.25) is 0 Å². The molecule has 1 N–H and O–H groups in total. The zero-order chi connectivity index (χ0) is 40.4. The molecule has 0 saturated heterocycles. The lowest BCUT2D eigenvalue weighted by atomic mass is 9.90. The molecule has 0 saturated carbocycles. The molecule has 0 aliphatic rings. The normalized spacial score (nSPS) is 13.9. The van der Waals surface area contributed by atoms with Crippen LogP contribution in [0.4, 0.5) is 0 Å². The number of esters is 2. The van der Waals surface area contributed by atoms with Gasteiger partial charge in [-0.15, -0.1) is 0 Å². The molecule has 298 valence electrons. The number of likely N-dealkylation sites (N-methyl/N-ethyl adjacent to an activating group) is 1. The first-order chi connectivity index (χ1) is 27.9. The molecule has 0 amide bonds. The van der Waals surface area contributed by atoms with Crippen LogP contribution in [0, 0.1) is 0 Å². The number of phosphoric acid groups is 1. The summed E-state index contributed by atoms with van der Waals surface area (Å²) in [4.78, 5) is 36.7. The van der Waals surface area contributed by atoms with Gasteiger partial charge in [0.15, 0.2) is 6.10 Å². The van der Waals surface area contributed by atoms with Gasteiger partial charge in [0.1, 0.15) is 19.8 Å². The highest BCUT2D eigenvalue weighted by atomic mass is 31.2. The third kappa shape index (κ3) is 8.80. The fourth-order valence-electron chi connectivity index (χ4n) is 8.20. The molecule has 8 aromatic rings. The van der Waals surface area contributed by atoms with Crippen LogP contribution in [-0.4, -0.2) is 74.9 Å². The molecule has 9 nitrogen and oxygen atoms in total. The van der Waals surface area contributed by atoms with E-state index < -0.39 is 32.5 Å². The Hall–Kier alpha value is -5.15. The van der Waals surface area contributed by atoms with Crippen molar-refractivity contribution >= 4 is 84.4 Å². The third-order valence-corrected chi connectivity index (χ3v) is 12.0. The summed E-state index contributed by atoms with van der Waals surface area (Å²) in [7, 11) is 1.34. The van der Waals surface area contributed by atoms with Crippen molar-refractivity contribution in [1.82, 2.24) is 0 Å². The maximum Gasteiger partial charge on any atom is 0.472 e. The average molecular weight is 799 g/mol. The van der Waals surface area contributed by atoms with Gasteiger partial charge in [-0.1, -0.05) is 109 Å². The molecule has 0 spiro atoms. The number of aryl methyl sites for hydroxylation is 2. The Labute approximate surface area is 337 Å². The molecule has 58 heavy (non-hydrogen) atoms. The number of ether oxygens (including phenoxy) is 2. The minimum Gasteiger partial charge on any atom is -0.462 e. The van der Waals surface area contributed by atoms with Crippen LogP contribution in [0.15, 0.2) is 109 Å². The average Bonchev–Trinajstić information content (AvgIpc) is 3.20. The second-order valence-corrected chi connectivity index (χ2v) is 17.7. The van der Waals surface area contributed by atoms with Crippen molar-refractivity contribution in [3.05, 3.63) is 120 Å². The van der Waals surface area contributed by atoms with Crippen LogP contribution < -0.4 is 0 Å². The Bertz CT molecular complexity index is 2790. The highest BCUT2D eigenvalue weighted by molar-refractivity contribution is 7.47. The third-order valence-electron chi connectivity index (χ3n) is 11.0. The molecule has 0 aliphatic heterocycles. The Balaban J connectivity index is 0.897. The summed E-state index contributed by atoms with van der Waals surface area (Å²) < 4.78 is 35.1. The number of hydrogen-bond donors (Lipinski definition) is 1. The maximum absolute atomic E-state index is 13.3. The van der Waals surface area contributed by atoms with Gasteiger partial charge in [-0.05, 0) is 101 Å². The molecule has 2 atom stereocenters. The summed E-state index contributed by atoms with van der Waals surface area (Å²) in [6.45, 7) is -0.337. The van der Waals surface area contributed by atoms with Crippen molar-refractivity contribution in [3.63, 3.8) is 0 Å². The standard InChI is InChI=1S/C48H48NO8P/c1-49(2,3)26-27-55-58(52,53)56-31-40(57-44(51)21-9-15-37-29-39-17-5-11-33-23-25-35-13-7-19-42(37)48(35)46(33)39)30-54-43(50)20-8-14-36-28-38-16-4-10-32-22-24-34-12-6-18-41(36)47(34)45(32)38/h4-7,10-13,16-19,22-25,28-29,40H,8-9,14-15,20-21,26-27,30-31H2,1-3H3/p+1/t40-/m1/s1. The number of benzene rings is 8. The molecular formula is C48H49NO8P+. The molecule has 0 bridgehead atoms. The monoisotopic (exact) mass is 798 g/mol. The quantitative estimate of drug-likeness (QED) is 0.0396. The lowest BCUT2D eigenvalue weighted by Crippen LogP contribution is -2.37. The van der Waals surface area contributed by atoms with E-state index in [1.165, 1.54) is 53.9 Å². The van der Waals surface area contributed by atoms with Crippen LogP contribution in [0.2, 0.25) is 0 Å². The minimum atomic E-state index is -4.47. The molecule has 8 rings (SSSR count). The van der Waals surface area contributed by atoms with Gasteiger partial charge in [0.05, 0.1) is 27.7 Å². The van der Waals surface area contributed by atoms with E-state index in [2.05, 4.69) is 109 Å². The summed E-state index contributed by atoms with van der Waals surface area (Å²) in [5.74, 6) is -0.979. The molecule has 0 aromatic heterocycles. The van der Waals surface area contributed by atoms with Gasteiger partial charge in [-0.25, -0.2) is 4.57 Å². The van der Waals surface area contributed by atoms with Crippen molar-refractivity contribution in [2.24, 2.45) is 0 Å². The van der Waals surface area contributed by atoms with Crippen LogP contribution in [0.3, 0.4) is 0 Å². The number of hydrogen-bond acceptors (Lipinski definition) is 7. The lowest BCUT2D eigenvalue weighted by Gasteiger charge is -2.24. The summed E-state index contributed by atoms with van der Waals surface area (Å²) in [5, 5.41) is 14.4. The van der Waals surface area contributed by atoms with E-state index in [-0.39, 0.29) is 26.1 Å². The zero-order valence-corrected chi connectivity index (χ0v) is 34.1. The van der Waals surface area contributed by atoms with Crippen molar-refractivity contribution in [2.75, 3.05) is 47.5 Å². The molecule has 0 heterocycles. The van der Waals surface area contributed by atoms with E-state index in [1.807, 2.05) is 21.1 Å². The van der Waals surface area contributed by atoms with Crippen LogP contribution in [0.5, 0.6) is 0 Å². The second-order valence-electron chi connectivity index (χ2n) is 16.3. The van der Waals surface area contributed by atoms with Crippen molar-refractivity contribution in [2.45, 2.75) is 44.6 Å². The molecule has 10 heteroatoms. The van der Waals surface area contributed by atoms with Gasteiger partial charge in [-0.2, -0.15) is 0 Å². The number of quaternary nitrogens is 1. The van der Waals surface area contributed by atoms with E-state index in [9.17, 15) is 19.0 Å². The Morgan fingerprint density at radius 3 is 1.59 bits per heavy atom. The van der Waals surface area contributed by atoms with E-state index >= 15 is 0 Å². The van der Waals surface area contributed by atoms with Crippen molar-refractivity contribution < 1.29 is 42.1 Å². The fourth-order valence-corrected chi connectivity index (χ4v) is 8.94. The number of carbonyl (C=O) groups is 2. The smallest absolute Gasteiger partial charge is 0.462 e. The first-order valence-electron chi connectivity index (χ1n) is 20.0. The Morgan fingerprint density at radius 1 is 0.603 bits per heavy atom. The van der Waals surface area contributed by atoms with Crippen LogP contribution >= 0.6 is 7.82 Å². The van der Waals surface area contributed by atoms with Gasteiger partial charge in [-0.3, -0.25) is 18.6 Å². The van der Waals surface area contributed by atoms with Gasteiger partial charge < -0.3 is 18.9 Å². The number of phosphoric ester groups is 1. The largest absolute Gasteiger partial charge is 0.472 e. The topological polar surface area (TPSA) is 108 Å². The van der Waals surface area contributed by atoms with Crippen molar-refractivity contribution in [3.8, 4) is 0 Å². The summed E-state index contributed by atoms with van der Waals surface area (Å²) in [6, 6.07) is 38.3. The Morgan fingerprint density at radius 2 is 1.07 bits per heavy atom. The predicted octanol–water partition coefficient (Wildman–Crippen LogP) is 10.1. The molecule has 0 aliphatic carbocycles. The highest BCUT2D eigenvalue weighted by Crippen LogP contribution is 2.43. The van der Waals surface area contributed by atoms with Gasteiger partial charge in [0.25, 0.3) is 0 Å². The SMILES string of the molecule is C[N+](C)(C)CCOP(=O)(O)OC[C@@H](COC(=O)CCCc1cc2cccc3ccc4cccc1c4c32)OC(=O)CCCc1cc2cccc3ccc4cccc1c4c32. The van der Waals surface area contributed by atoms with Gasteiger partial charge in [0, 0.05) is 12.8 Å². The van der Waals surface area contributed by atoms with E-state index in [0.29, 0.717) is 36.7 Å². The first-order valence-corrected chi connectivity index (χ1v) is 21.5. The van der Waals surface area contributed by atoms with E-state index in [0.717, 1.165) is 21.9 Å². The van der Waals surface area contributed by atoms with Gasteiger partial charge >= 0.3 is 19.8 Å². The maximum atomic E-state index is 13.3. The zero-order valence-electron chi connectivity index (χ0n) is 33.2. The molecule has 1 unspecified atom stereocenters. The highest BCUT2D eigenvalue weighted by Gasteiger charge is 2.27. The molecule has 8 aromatic carbocycles. The second kappa shape index (κ2) is 16.6. The molecule has 0 fully saturated rings. The predicted molar refractivity (Wildman–Crippen MR) is 232 cm³/mol. The summed E-state index contributed by atoms with van der Waals surface area (Å²) in [6.07, 6.45) is 1.51. The molecule has 0 radical (unpaired) electrons. The molecular weight excluding hydrogens is 750 g/mol. The lowest BCUT2D eigenvalue weighted by molar-refractivity contribution is -0.870. The van der Waals surface area contributed by atoms with E-state index in [4.69, 9.17) is 18.5 Å². The van der Waals surface area contributed by atoms with Crippen LogP contribution in [-0.2, 0) is 45.5 Å². The fraction of sp³-hybridized carbons (Fsp3) is 0.292. The van der Waals surface area contributed by atoms with Crippen molar-refractivity contribution in [1.29, 1.82) is 0 Å². The minimum absolute atomic E-state index is 0.00899. The Kier molecular flexibility index (Phi) is 11.4. The summed E-state index contributed by atoms with van der Waals surface area (Å²) >= 11 is 0. The number of rotatable bonds is 18. The van der Waals surface area contributed by atoms with Crippen LogP contribution in [0.25, 0.3) is 64.6 Å². The van der Waals surface area contributed by atoms with Crippen LogP contribution in [0.1, 0.15) is 36.8 Å². The number of carbonyl (C=O) groups excluding carboxylic acids is 2. The first kappa shape index (κ1) is 39.7. The summed E-state index contributed by atoms with van der Waals surface area (Å²) in [5.41, 5.74) is 2.31. The van der Waals surface area contributed by atoms with E-state index in [1.54, 1.807) is 0 Å². The number of nitrogens with zero attached hydrogens (tertiary/aromatic N) is 1.